The van der Waals surface area contributed by atoms with E-state index in [1.807, 2.05) is 4.90 Å². The van der Waals surface area contributed by atoms with Crippen molar-refractivity contribution in [3.05, 3.63) is 54.0 Å². The lowest BCUT2D eigenvalue weighted by Gasteiger charge is -2.59. The zero-order valence-corrected chi connectivity index (χ0v) is 20.6. The Morgan fingerprint density at radius 1 is 1.11 bits per heavy atom. The van der Waals surface area contributed by atoms with Crippen LogP contribution in [0.4, 0.5) is 4.79 Å². The van der Waals surface area contributed by atoms with Gasteiger partial charge in [0.2, 0.25) is 5.88 Å². The molecule has 0 aromatic carbocycles. The molecule has 1 aliphatic heterocycles. The second kappa shape index (κ2) is 9.19. The van der Waals surface area contributed by atoms with Gasteiger partial charge < -0.3 is 25.7 Å². The number of nitrogens with zero attached hydrogens (tertiary/aromatic N) is 4. The molecule has 1 spiro atoms. The summed E-state index contributed by atoms with van der Waals surface area (Å²) in [6, 6.07) is 6.83. The Balaban J connectivity index is 0.999. The molecule has 2 aliphatic carbocycles. The van der Waals surface area contributed by atoms with Crippen LogP contribution in [0.5, 0.6) is 11.6 Å². The van der Waals surface area contributed by atoms with E-state index in [9.17, 15) is 14.4 Å². The highest BCUT2D eigenvalue weighted by molar-refractivity contribution is 5.99. The quantitative estimate of drug-likeness (QED) is 0.432. The van der Waals surface area contributed by atoms with Gasteiger partial charge in [-0.3, -0.25) is 14.5 Å². The van der Waals surface area contributed by atoms with Crippen LogP contribution in [0.1, 0.15) is 52.8 Å². The molecule has 3 aromatic heterocycles. The maximum Gasteiger partial charge on any atom is 0.410 e. The van der Waals surface area contributed by atoms with Crippen molar-refractivity contribution in [1.29, 1.82) is 0 Å². The fraction of sp³-hybridized carbons (Fsp3) is 0.423. The van der Waals surface area contributed by atoms with Crippen LogP contribution in [0.2, 0.25) is 0 Å². The number of aromatic nitrogens is 3. The molecule has 3 aliphatic rings. The smallest absolute Gasteiger partial charge is 0.410 e. The van der Waals surface area contributed by atoms with Crippen molar-refractivity contribution in [1.82, 2.24) is 19.5 Å². The Morgan fingerprint density at radius 2 is 1.89 bits per heavy atom. The highest BCUT2D eigenvalue weighted by Gasteiger charge is 2.58. The average molecular weight is 521 g/mol. The van der Waals surface area contributed by atoms with E-state index in [0.717, 1.165) is 25.7 Å². The first kappa shape index (κ1) is 24.0. The molecule has 4 N–H and O–H groups in total. The predicted molar refractivity (Wildman–Crippen MR) is 133 cm³/mol. The molecular weight excluding hydrogens is 492 g/mol. The Kier molecular flexibility index (Phi) is 5.81. The van der Waals surface area contributed by atoms with Crippen LogP contribution in [-0.4, -0.2) is 68.8 Å². The molecule has 0 unspecified atom stereocenters. The summed E-state index contributed by atoms with van der Waals surface area (Å²) in [6.45, 7) is 0.737. The van der Waals surface area contributed by atoms with E-state index >= 15 is 0 Å². The first-order valence-corrected chi connectivity index (χ1v) is 12.6. The number of ether oxygens (including phenoxy) is 3. The number of amides is 3. The first-order chi connectivity index (χ1) is 18.3. The summed E-state index contributed by atoms with van der Waals surface area (Å²) < 4.78 is 18.8. The Morgan fingerprint density at radius 3 is 2.66 bits per heavy atom. The molecule has 0 radical (unpaired) electrons. The SMILES string of the molecule is NC(=O)c1cccnc1OC1CC2(C1)CC(N1C(=O)OC[C@@H]1CCOc1ccc3c(C(N)=O)cnn3c1)C2. The van der Waals surface area contributed by atoms with Gasteiger partial charge >= 0.3 is 6.09 Å². The second-order valence-corrected chi connectivity index (χ2v) is 10.3. The maximum atomic E-state index is 12.5. The fourth-order valence-corrected chi connectivity index (χ4v) is 5.98. The van der Waals surface area contributed by atoms with Crippen LogP contribution in [-0.2, 0) is 4.74 Å². The highest BCUT2D eigenvalue weighted by atomic mass is 16.6. The minimum atomic E-state index is -0.562. The molecule has 3 fully saturated rings. The molecule has 0 bridgehead atoms. The molecule has 3 amide bonds. The number of primary amides is 2. The zero-order valence-electron chi connectivity index (χ0n) is 20.6. The zero-order chi connectivity index (χ0) is 26.4. The highest BCUT2D eigenvalue weighted by Crippen LogP contribution is 2.58. The largest absolute Gasteiger partial charge is 0.492 e. The number of pyridine rings is 2. The van der Waals surface area contributed by atoms with Crippen molar-refractivity contribution in [2.45, 2.75) is 50.3 Å². The van der Waals surface area contributed by atoms with Crippen molar-refractivity contribution in [2.24, 2.45) is 16.9 Å². The van der Waals surface area contributed by atoms with Crippen LogP contribution in [0, 0.1) is 5.41 Å². The van der Waals surface area contributed by atoms with Gasteiger partial charge in [-0.25, -0.2) is 14.3 Å². The fourth-order valence-electron chi connectivity index (χ4n) is 5.98. The number of hydrogen-bond acceptors (Lipinski definition) is 8. The van der Waals surface area contributed by atoms with Gasteiger partial charge in [0.1, 0.15) is 24.0 Å². The van der Waals surface area contributed by atoms with E-state index in [-0.39, 0.29) is 41.1 Å². The first-order valence-electron chi connectivity index (χ1n) is 12.6. The van der Waals surface area contributed by atoms with E-state index in [1.54, 1.807) is 41.2 Å². The van der Waals surface area contributed by atoms with E-state index in [2.05, 4.69) is 10.1 Å². The molecule has 3 aromatic rings. The number of nitrogens with two attached hydrogens (primary N) is 2. The number of cyclic esters (lactones) is 1. The summed E-state index contributed by atoms with van der Waals surface area (Å²) in [5.41, 5.74) is 12.2. The molecule has 198 valence electrons. The standard InChI is InChI=1S/C26H28N6O6/c27-22(33)19-2-1-6-29-24(19)38-18-10-26(11-18)8-16(9-26)32-15(14-37-25(32)35)5-7-36-17-3-4-21-20(23(28)34)12-30-31(21)13-17/h1-4,6,12-13,15-16,18H,5,7-11,14H2,(H2,27,33)(H2,28,34)/t15-,16?,18?,26?/m0/s1. The number of fused-ring (bicyclic) bond motifs is 1. The summed E-state index contributed by atoms with van der Waals surface area (Å²) in [5, 5.41) is 4.15. The molecule has 1 atom stereocenters. The van der Waals surface area contributed by atoms with E-state index in [4.69, 9.17) is 25.7 Å². The third kappa shape index (κ3) is 4.25. The molecular formula is C26H28N6O6. The third-order valence-corrected chi connectivity index (χ3v) is 7.84. The van der Waals surface area contributed by atoms with Gasteiger partial charge in [-0.05, 0) is 55.4 Å². The lowest BCUT2D eigenvalue weighted by atomic mass is 9.52. The molecule has 38 heavy (non-hydrogen) atoms. The second-order valence-electron chi connectivity index (χ2n) is 10.3. The monoisotopic (exact) mass is 520 g/mol. The van der Waals surface area contributed by atoms with Crippen molar-refractivity contribution in [2.75, 3.05) is 13.2 Å². The topological polar surface area (TPSA) is 164 Å². The maximum absolute atomic E-state index is 12.5. The van der Waals surface area contributed by atoms with Gasteiger partial charge in [-0.15, -0.1) is 0 Å². The lowest BCUT2D eigenvalue weighted by molar-refractivity contribution is -0.109. The number of carbonyl (C=O) groups excluding carboxylic acids is 3. The van der Waals surface area contributed by atoms with Crippen molar-refractivity contribution in [3.8, 4) is 11.6 Å². The van der Waals surface area contributed by atoms with E-state index in [0.29, 0.717) is 36.5 Å². The van der Waals surface area contributed by atoms with E-state index < -0.39 is 11.8 Å². The van der Waals surface area contributed by atoms with Crippen molar-refractivity contribution < 1.29 is 28.6 Å². The van der Waals surface area contributed by atoms with Crippen LogP contribution in [0.25, 0.3) is 5.52 Å². The summed E-state index contributed by atoms with van der Waals surface area (Å²) in [6.07, 6.45) is 8.50. The summed E-state index contributed by atoms with van der Waals surface area (Å²) >= 11 is 0. The lowest BCUT2D eigenvalue weighted by Crippen LogP contribution is -2.60. The van der Waals surface area contributed by atoms with Crippen LogP contribution < -0.4 is 20.9 Å². The minimum absolute atomic E-state index is 0.0233. The van der Waals surface area contributed by atoms with Gasteiger partial charge in [0.05, 0.1) is 36.1 Å². The van der Waals surface area contributed by atoms with Gasteiger partial charge in [0.25, 0.3) is 11.8 Å². The molecule has 12 heteroatoms. The predicted octanol–water partition coefficient (Wildman–Crippen LogP) is 1.91. The van der Waals surface area contributed by atoms with Crippen molar-refractivity contribution in [3.63, 3.8) is 0 Å². The molecule has 12 nitrogen and oxygen atoms in total. The number of carbonyl (C=O) groups is 3. The van der Waals surface area contributed by atoms with Gasteiger partial charge in [0, 0.05) is 18.7 Å². The summed E-state index contributed by atoms with van der Waals surface area (Å²) in [7, 11) is 0. The Bertz CT molecular complexity index is 1410. The molecule has 6 rings (SSSR count). The number of rotatable bonds is 9. The van der Waals surface area contributed by atoms with Gasteiger partial charge in [-0.2, -0.15) is 5.10 Å². The van der Waals surface area contributed by atoms with Crippen molar-refractivity contribution >= 4 is 23.4 Å². The molecule has 1 saturated heterocycles. The number of hydrogen-bond donors (Lipinski definition) is 2. The minimum Gasteiger partial charge on any atom is -0.492 e. The Labute approximate surface area is 217 Å². The summed E-state index contributed by atoms with van der Waals surface area (Å²) in [4.78, 5) is 41.6. The van der Waals surface area contributed by atoms with Gasteiger partial charge in [-0.1, -0.05) is 0 Å². The average Bonchev–Trinajstić information content (AvgIpc) is 3.43. The van der Waals surface area contributed by atoms with Crippen LogP contribution in [0.3, 0.4) is 0 Å². The third-order valence-electron chi connectivity index (χ3n) is 7.84. The van der Waals surface area contributed by atoms with Crippen LogP contribution >= 0.6 is 0 Å². The summed E-state index contributed by atoms with van der Waals surface area (Å²) in [5.74, 6) is -0.219. The Hall–Kier alpha value is -4.35. The molecule has 2 saturated carbocycles. The van der Waals surface area contributed by atoms with E-state index in [1.165, 1.54) is 6.20 Å². The van der Waals surface area contributed by atoms with Crippen LogP contribution in [0.15, 0.2) is 42.9 Å². The molecule has 4 heterocycles. The normalized spacial score (nSPS) is 26.1. The van der Waals surface area contributed by atoms with Gasteiger partial charge in [0.15, 0.2) is 0 Å².